The lowest BCUT2D eigenvalue weighted by Gasteiger charge is -2.43. The number of carbonyl (C=O) groups excluding carboxylic acids is 1. The molecule has 9 heteroatoms. The summed E-state index contributed by atoms with van der Waals surface area (Å²) < 4.78 is 36.5. The fourth-order valence-corrected chi connectivity index (χ4v) is 5.18. The molecule has 188 valence electrons. The number of amides is 1. The van der Waals surface area contributed by atoms with Gasteiger partial charge in [-0.05, 0) is 60.0 Å². The summed E-state index contributed by atoms with van der Waals surface area (Å²) in [5.74, 6) is 0.349. The zero-order valence-electron chi connectivity index (χ0n) is 20.2. The number of nitrogens with zero attached hydrogens (tertiary/aromatic N) is 3. The number of alkyl halides is 2. The van der Waals surface area contributed by atoms with Crippen LogP contribution in [0.1, 0.15) is 30.0 Å². The number of nitriles is 1. The van der Waals surface area contributed by atoms with E-state index in [-0.39, 0.29) is 24.0 Å². The van der Waals surface area contributed by atoms with Crippen LogP contribution in [0, 0.1) is 11.3 Å². The van der Waals surface area contributed by atoms with E-state index >= 15 is 0 Å². The molecule has 0 radical (unpaired) electrons. The highest BCUT2D eigenvalue weighted by Crippen LogP contribution is 2.50. The van der Waals surface area contributed by atoms with E-state index in [0.717, 1.165) is 11.1 Å². The van der Waals surface area contributed by atoms with Gasteiger partial charge in [-0.3, -0.25) is 9.69 Å². The molecule has 0 aliphatic carbocycles. The Balaban J connectivity index is 1.58. The summed E-state index contributed by atoms with van der Waals surface area (Å²) in [5.41, 5.74) is 7.31. The van der Waals surface area contributed by atoms with Gasteiger partial charge in [0.2, 0.25) is 0 Å². The predicted molar refractivity (Wildman–Crippen MR) is 133 cm³/mol. The van der Waals surface area contributed by atoms with Crippen molar-refractivity contribution in [3.8, 4) is 28.7 Å². The number of carbonyl (C=O) groups is 1. The zero-order chi connectivity index (χ0) is 26.4. The largest absolute Gasteiger partial charge is 0.487 e. The standard InChI is InChI=1S/C28H24F2N4O3/c1-27(14-17-5-4-8-21(12-17)36-25(29)30)16-28(24(35)34(2)26(32)33-28)22-13-20(9-10-23(22)37-27)19-7-3-6-18(11-19)15-31/h3-13,25H,14,16H2,1-2H3,(H2,32,33)/t27-,28?/m1/s1. The number of guanidine groups is 1. The van der Waals surface area contributed by atoms with Crippen molar-refractivity contribution < 1.29 is 23.0 Å². The van der Waals surface area contributed by atoms with Crippen molar-refractivity contribution in [3.05, 3.63) is 83.4 Å². The highest BCUT2D eigenvalue weighted by Gasteiger charge is 2.56. The average molecular weight is 503 g/mol. The van der Waals surface area contributed by atoms with Gasteiger partial charge in [0, 0.05) is 25.5 Å². The van der Waals surface area contributed by atoms with Crippen LogP contribution in [0.3, 0.4) is 0 Å². The molecular formula is C28H24F2N4O3. The molecule has 3 aromatic rings. The molecule has 5 rings (SSSR count). The number of likely N-dealkylation sites (N-methyl/N-ethyl adjacent to an activating group) is 1. The Hall–Kier alpha value is -4.45. The van der Waals surface area contributed by atoms with Crippen LogP contribution in [-0.4, -0.2) is 36.0 Å². The normalized spacial score (nSPS) is 22.4. The van der Waals surface area contributed by atoms with E-state index in [1.807, 2.05) is 25.1 Å². The Labute approximate surface area is 212 Å². The minimum absolute atomic E-state index is 0.0465. The second-order valence-corrected chi connectivity index (χ2v) is 9.53. The van der Waals surface area contributed by atoms with Crippen LogP contribution >= 0.6 is 0 Å². The first kappa shape index (κ1) is 24.3. The van der Waals surface area contributed by atoms with Crippen molar-refractivity contribution in [2.75, 3.05) is 7.05 Å². The molecule has 2 N–H and O–H groups in total. The van der Waals surface area contributed by atoms with E-state index in [2.05, 4.69) is 15.8 Å². The smallest absolute Gasteiger partial charge is 0.387 e. The maximum absolute atomic E-state index is 13.6. The van der Waals surface area contributed by atoms with Crippen LogP contribution in [0.15, 0.2) is 71.7 Å². The van der Waals surface area contributed by atoms with Crippen molar-refractivity contribution in [3.63, 3.8) is 0 Å². The van der Waals surface area contributed by atoms with E-state index in [9.17, 15) is 18.8 Å². The number of aliphatic imine (C=N–C) groups is 1. The monoisotopic (exact) mass is 502 g/mol. The van der Waals surface area contributed by atoms with Gasteiger partial charge in [0.15, 0.2) is 11.5 Å². The average Bonchev–Trinajstić information content (AvgIpc) is 3.07. The summed E-state index contributed by atoms with van der Waals surface area (Å²) in [7, 11) is 1.58. The maximum atomic E-state index is 13.6. The number of rotatable bonds is 5. The number of hydrogen-bond acceptors (Lipinski definition) is 6. The van der Waals surface area contributed by atoms with Crippen molar-refractivity contribution in [2.45, 2.75) is 37.5 Å². The Morgan fingerprint density at radius 1 is 1.16 bits per heavy atom. The van der Waals surface area contributed by atoms with Gasteiger partial charge in [0.05, 0.1) is 11.6 Å². The number of ether oxygens (including phenoxy) is 2. The van der Waals surface area contributed by atoms with E-state index in [0.29, 0.717) is 28.9 Å². The molecule has 3 aromatic carbocycles. The van der Waals surface area contributed by atoms with Gasteiger partial charge in [0.1, 0.15) is 17.1 Å². The zero-order valence-corrected chi connectivity index (χ0v) is 20.2. The first-order valence-corrected chi connectivity index (χ1v) is 11.6. The summed E-state index contributed by atoms with van der Waals surface area (Å²) in [6, 6.07) is 21.3. The quantitative estimate of drug-likeness (QED) is 0.550. The van der Waals surface area contributed by atoms with Gasteiger partial charge in [-0.2, -0.15) is 14.0 Å². The highest BCUT2D eigenvalue weighted by molar-refractivity contribution is 6.07. The van der Waals surface area contributed by atoms with E-state index in [4.69, 9.17) is 10.5 Å². The van der Waals surface area contributed by atoms with Crippen LogP contribution in [0.5, 0.6) is 11.5 Å². The third kappa shape index (κ3) is 4.35. The first-order valence-electron chi connectivity index (χ1n) is 11.6. The molecule has 1 spiro atoms. The summed E-state index contributed by atoms with van der Waals surface area (Å²) in [4.78, 5) is 19.6. The summed E-state index contributed by atoms with van der Waals surface area (Å²) in [6.07, 6.45) is 0.492. The molecule has 0 fully saturated rings. The predicted octanol–water partition coefficient (Wildman–Crippen LogP) is 4.59. The van der Waals surface area contributed by atoms with Crippen LogP contribution in [0.25, 0.3) is 11.1 Å². The maximum Gasteiger partial charge on any atom is 0.387 e. The number of halogens is 2. The van der Waals surface area contributed by atoms with Crippen molar-refractivity contribution in [1.29, 1.82) is 5.26 Å². The fourth-order valence-electron chi connectivity index (χ4n) is 5.18. The number of benzene rings is 3. The third-order valence-electron chi connectivity index (χ3n) is 6.75. The lowest BCUT2D eigenvalue weighted by atomic mass is 9.74. The van der Waals surface area contributed by atoms with E-state index in [1.165, 1.54) is 17.0 Å². The Kier molecular flexibility index (Phi) is 5.83. The molecule has 37 heavy (non-hydrogen) atoms. The molecule has 0 saturated heterocycles. The van der Waals surface area contributed by atoms with E-state index < -0.39 is 17.8 Å². The number of nitrogens with two attached hydrogens (primary N) is 1. The minimum atomic E-state index is -2.93. The van der Waals surface area contributed by atoms with Crippen molar-refractivity contribution >= 4 is 11.9 Å². The molecule has 2 aliphatic heterocycles. The molecule has 2 atom stereocenters. The number of hydrogen-bond donors (Lipinski definition) is 1. The second-order valence-electron chi connectivity index (χ2n) is 9.53. The Morgan fingerprint density at radius 2 is 1.92 bits per heavy atom. The van der Waals surface area contributed by atoms with Gasteiger partial charge in [-0.25, -0.2) is 4.99 Å². The molecule has 7 nitrogen and oxygen atoms in total. The molecule has 2 heterocycles. The second kappa shape index (κ2) is 8.89. The van der Waals surface area contributed by atoms with Crippen LogP contribution in [0.4, 0.5) is 8.78 Å². The van der Waals surface area contributed by atoms with Crippen LogP contribution in [-0.2, 0) is 16.8 Å². The highest BCUT2D eigenvalue weighted by atomic mass is 19.3. The molecular weight excluding hydrogens is 478 g/mol. The van der Waals surface area contributed by atoms with Crippen molar-refractivity contribution in [1.82, 2.24) is 4.90 Å². The topological polar surface area (TPSA) is 101 Å². The van der Waals surface area contributed by atoms with Crippen LogP contribution < -0.4 is 15.2 Å². The molecule has 1 amide bonds. The summed E-state index contributed by atoms with van der Waals surface area (Å²) >= 11 is 0. The van der Waals surface area contributed by atoms with E-state index in [1.54, 1.807) is 43.4 Å². The van der Waals surface area contributed by atoms with Gasteiger partial charge in [-0.1, -0.05) is 30.3 Å². The lowest BCUT2D eigenvalue weighted by Crippen LogP contribution is -2.51. The summed E-state index contributed by atoms with van der Waals surface area (Å²) in [5, 5.41) is 9.30. The molecule has 0 bridgehead atoms. The van der Waals surface area contributed by atoms with Gasteiger partial charge < -0.3 is 15.2 Å². The van der Waals surface area contributed by atoms with Gasteiger partial charge >= 0.3 is 6.61 Å². The molecule has 1 unspecified atom stereocenters. The van der Waals surface area contributed by atoms with Gasteiger partial charge in [-0.15, -0.1) is 0 Å². The third-order valence-corrected chi connectivity index (χ3v) is 6.75. The molecule has 0 aromatic heterocycles. The Bertz CT molecular complexity index is 1470. The summed E-state index contributed by atoms with van der Waals surface area (Å²) in [6.45, 7) is -1.07. The SMILES string of the molecule is CN1C(=O)C2(C[C@@](C)(Cc3cccc(OC(F)F)c3)Oc3ccc(-c4cccc(C#N)c4)cc32)N=C1N. The first-order chi connectivity index (χ1) is 17.6. The van der Waals surface area contributed by atoms with Crippen LogP contribution in [0.2, 0.25) is 0 Å². The Morgan fingerprint density at radius 3 is 2.62 bits per heavy atom. The lowest BCUT2D eigenvalue weighted by molar-refractivity contribution is -0.133. The minimum Gasteiger partial charge on any atom is -0.487 e. The fraction of sp³-hybridized carbons (Fsp3) is 0.250. The van der Waals surface area contributed by atoms with Crippen molar-refractivity contribution in [2.24, 2.45) is 10.7 Å². The number of fused-ring (bicyclic) bond motifs is 2. The molecule has 2 aliphatic rings. The van der Waals surface area contributed by atoms with Gasteiger partial charge in [0.25, 0.3) is 5.91 Å². The molecule has 0 saturated carbocycles.